The predicted molar refractivity (Wildman–Crippen MR) is 90.5 cm³/mol. The number of anilines is 1. The second-order valence-corrected chi connectivity index (χ2v) is 6.57. The van der Waals surface area contributed by atoms with Crippen LogP contribution < -0.4 is 4.90 Å². The van der Waals surface area contributed by atoms with Crippen molar-refractivity contribution in [3.05, 3.63) is 40.0 Å². The summed E-state index contributed by atoms with van der Waals surface area (Å²) < 4.78 is 39.8. The third-order valence-electron chi connectivity index (χ3n) is 4.01. The zero-order valence-corrected chi connectivity index (χ0v) is 14.6. The lowest BCUT2D eigenvalue weighted by atomic mass is 10.1. The van der Waals surface area contributed by atoms with Crippen molar-refractivity contribution in [2.24, 2.45) is 0 Å². The zero-order chi connectivity index (χ0) is 19.1. The molecule has 0 bridgehead atoms. The van der Waals surface area contributed by atoms with Crippen LogP contribution in [-0.4, -0.2) is 33.6 Å². The standard InChI is InChI=1S/C16H12Cl2F3N3O2/c17-9-4-3-8(6-10(9)18)11-7-13(16(19,20)21)23-15(22-11)24-5-1-2-12(24)14(25)26/h3-4,6-7,12H,1-2,5H2,(H,25,26). The van der Waals surface area contributed by atoms with Crippen LogP contribution in [0, 0.1) is 0 Å². The van der Waals surface area contributed by atoms with Crippen LogP contribution in [-0.2, 0) is 11.0 Å². The van der Waals surface area contributed by atoms with E-state index in [0.29, 0.717) is 18.4 Å². The van der Waals surface area contributed by atoms with Gasteiger partial charge in [0.1, 0.15) is 6.04 Å². The van der Waals surface area contributed by atoms with Crippen molar-refractivity contribution in [1.82, 2.24) is 9.97 Å². The van der Waals surface area contributed by atoms with E-state index in [1.54, 1.807) is 0 Å². The molecule has 0 spiro atoms. The van der Waals surface area contributed by atoms with Gasteiger partial charge in [-0.3, -0.25) is 0 Å². The molecule has 1 aliphatic rings. The summed E-state index contributed by atoms with van der Waals surface area (Å²) in [6.45, 7) is 0.263. The first-order chi connectivity index (χ1) is 12.2. The molecule has 0 aliphatic carbocycles. The first kappa shape index (κ1) is 18.7. The molecule has 5 nitrogen and oxygen atoms in total. The van der Waals surface area contributed by atoms with Crippen molar-refractivity contribution in [3.8, 4) is 11.3 Å². The van der Waals surface area contributed by atoms with Crippen LogP contribution in [0.3, 0.4) is 0 Å². The molecule has 1 saturated heterocycles. The Morgan fingerprint density at radius 3 is 2.54 bits per heavy atom. The Bertz CT molecular complexity index is 861. The Labute approximate surface area is 156 Å². The molecule has 0 amide bonds. The molecule has 0 radical (unpaired) electrons. The quantitative estimate of drug-likeness (QED) is 0.812. The number of carboxylic acids is 1. The number of benzene rings is 1. The monoisotopic (exact) mass is 405 g/mol. The van der Waals surface area contributed by atoms with Gasteiger partial charge in [-0.05, 0) is 31.0 Å². The van der Waals surface area contributed by atoms with Crippen LogP contribution in [0.4, 0.5) is 19.1 Å². The van der Waals surface area contributed by atoms with E-state index in [9.17, 15) is 23.1 Å². The van der Waals surface area contributed by atoms with Crippen LogP contribution in [0.1, 0.15) is 18.5 Å². The molecule has 1 N–H and O–H groups in total. The third-order valence-corrected chi connectivity index (χ3v) is 4.75. The number of aromatic nitrogens is 2. The number of carboxylic acid groups (broad SMARTS) is 1. The second kappa shape index (κ2) is 6.92. The number of rotatable bonds is 3. The molecular formula is C16H12Cl2F3N3O2. The Hall–Kier alpha value is -2.06. The molecule has 1 unspecified atom stereocenters. The minimum absolute atomic E-state index is 0.0167. The van der Waals surface area contributed by atoms with Crippen LogP contribution in [0.2, 0.25) is 10.0 Å². The number of aliphatic carboxylic acids is 1. The molecule has 2 aromatic rings. The highest BCUT2D eigenvalue weighted by atomic mass is 35.5. The highest BCUT2D eigenvalue weighted by molar-refractivity contribution is 6.42. The minimum atomic E-state index is -4.71. The molecule has 26 heavy (non-hydrogen) atoms. The van der Waals surface area contributed by atoms with E-state index in [1.807, 2.05) is 0 Å². The van der Waals surface area contributed by atoms with Gasteiger partial charge < -0.3 is 10.0 Å². The van der Waals surface area contributed by atoms with E-state index in [-0.39, 0.29) is 28.2 Å². The lowest BCUT2D eigenvalue weighted by Gasteiger charge is -2.22. The third kappa shape index (κ3) is 3.71. The average molecular weight is 406 g/mol. The Balaban J connectivity index is 2.13. The fourth-order valence-electron chi connectivity index (χ4n) is 2.77. The lowest BCUT2D eigenvalue weighted by molar-refractivity contribution is -0.141. The Morgan fingerprint density at radius 1 is 1.19 bits per heavy atom. The van der Waals surface area contributed by atoms with Gasteiger partial charge in [-0.2, -0.15) is 13.2 Å². The van der Waals surface area contributed by atoms with Gasteiger partial charge in [0.2, 0.25) is 5.95 Å². The maximum absolute atomic E-state index is 13.3. The summed E-state index contributed by atoms with van der Waals surface area (Å²) in [7, 11) is 0. The first-order valence-electron chi connectivity index (χ1n) is 7.58. The smallest absolute Gasteiger partial charge is 0.433 e. The molecule has 2 heterocycles. The van der Waals surface area contributed by atoms with Crippen molar-refractivity contribution >= 4 is 35.1 Å². The van der Waals surface area contributed by atoms with E-state index in [0.717, 1.165) is 6.07 Å². The molecule has 1 atom stereocenters. The van der Waals surface area contributed by atoms with Gasteiger partial charge in [-0.1, -0.05) is 29.3 Å². The SMILES string of the molecule is O=C(O)C1CCCN1c1nc(-c2ccc(Cl)c(Cl)c2)cc(C(F)(F)F)n1. The number of hydrogen-bond donors (Lipinski definition) is 1. The van der Waals surface area contributed by atoms with Crippen molar-refractivity contribution < 1.29 is 23.1 Å². The molecule has 10 heteroatoms. The molecule has 0 saturated carbocycles. The minimum Gasteiger partial charge on any atom is -0.480 e. The second-order valence-electron chi connectivity index (χ2n) is 5.75. The van der Waals surface area contributed by atoms with Gasteiger partial charge in [0.25, 0.3) is 0 Å². The Kier molecular flexibility index (Phi) is 4.98. The van der Waals surface area contributed by atoms with Gasteiger partial charge >= 0.3 is 12.1 Å². The fourth-order valence-corrected chi connectivity index (χ4v) is 3.07. The molecule has 1 aliphatic heterocycles. The molecule has 1 aromatic carbocycles. The maximum atomic E-state index is 13.3. The van der Waals surface area contributed by atoms with Gasteiger partial charge in [-0.25, -0.2) is 14.8 Å². The van der Waals surface area contributed by atoms with Crippen LogP contribution >= 0.6 is 23.2 Å². The number of halogens is 5. The number of hydrogen-bond acceptors (Lipinski definition) is 4. The number of carbonyl (C=O) groups is 1. The van der Waals surface area contributed by atoms with E-state index in [1.165, 1.54) is 23.1 Å². The summed E-state index contributed by atoms with van der Waals surface area (Å²) in [5.74, 6) is -1.40. The van der Waals surface area contributed by atoms with Gasteiger partial charge in [0, 0.05) is 12.1 Å². The van der Waals surface area contributed by atoms with E-state index >= 15 is 0 Å². The molecular weight excluding hydrogens is 394 g/mol. The van der Waals surface area contributed by atoms with Gasteiger partial charge in [0.05, 0.1) is 15.7 Å². The van der Waals surface area contributed by atoms with Crippen LogP contribution in [0.25, 0.3) is 11.3 Å². The molecule has 138 valence electrons. The maximum Gasteiger partial charge on any atom is 0.433 e. The van der Waals surface area contributed by atoms with Gasteiger partial charge in [-0.15, -0.1) is 0 Å². The van der Waals surface area contributed by atoms with Crippen molar-refractivity contribution in [2.45, 2.75) is 25.1 Å². The average Bonchev–Trinajstić information content (AvgIpc) is 3.06. The summed E-state index contributed by atoms with van der Waals surface area (Å²) in [5.41, 5.74) is -0.851. The zero-order valence-electron chi connectivity index (χ0n) is 13.1. The summed E-state index contributed by atoms with van der Waals surface area (Å²) in [5, 5.41) is 9.70. The van der Waals surface area contributed by atoms with Crippen molar-refractivity contribution in [1.29, 1.82) is 0 Å². The highest BCUT2D eigenvalue weighted by Crippen LogP contribution is 2.35. The van der Waals surface area contributed by atoms with Crippen molar-refractivity contribution in [2.75, 3.05) is 11.4 Å². The van der Waals surface area contributed by atoms with Crippen molar-refractivity contribution in [3.63, 3.8) is 0 Å². The largest absolute Gasteiger partial charge is 0.480 e. The summed E-state index contributed by atoms with van der Waals surface area (Å²) in [4.78, 5) is 20.3. The Morgan fingerprint density at radius 2 is 1.92 bits per heavy atom. The van der Waals surface area contributed by atoms with E-state index in [4.69, 9.17) is 23.2 Å². The molecule has 1 aromatic heterocycles. The van der Waals surface area contributed by atoms with Crippen LogP contribution in [0.15, 0.2) is 24.3 Å². The lowest BCUT2D eigenvalue weighted by Crippen LogP contribution is -2.37. The van der Waals surface area contributed by atoms with Crippen LogP contribution in [0.5, 0.6) is 0 Å². The summed E-state index contributed by atoms with van der Waals surface area (Å²) >= 11 is 11.8. The fraction of sp³-hybridized carbons (Fsp3) is 0.312. The predicted octanol–water partition coefficient (Wildman–Crippen LogP) is 4.52. The van der Waals surface area contributed by atoms with Gasteiger partial charge in [0.15, 0.2) is 5.69 Å². The summed E-state index contributed by atoms with van der Waals surface area (Å²) in [6, 6.07) is 4.17. The number of alkyl halides is 3. The summed E-state index contributed by atoms with van der Waals surface area (Å²) in [6.07, 6.45) is -3.86. The number of nitrogens with zero attached hydrogens (tertiary/aromatic N) is 3. The topological polar surface area (TPSA) is 66.3 Å². The molecule has 3 rings (SSSR count). The van der Waals surface area contributed by atoms with E-state index in [2.05, 4.69) is 9.97 Å². The highest BCUT2D eigenvalue weighted by Gasteiger charge is 2.37. The normalized spacial score (nSPS) is 17.6. The first-order valence-corrected chi connectivity index (χ1v) is 8.33. The molecule has 1 fully saturated rings. The van der Waals surface area contributed by atoms with E-state index < -0.39 is 23.9 Å².